The van der Waals surface area contributed by atoms with Crippen molar-refractivity contribution in [2.75, 3.05) is 0 Å². The molecule has 66 valence electrons. The average Bonchev–Trinajstić information content (AvgIpc) is 2.09. The Morgan fingerprint density at radius 3 is 2.58 bits per heavy atom. The summed E-state index contributed by atoms with van der Waals surface area (Å²) in [7, 11) is 0. The van der Waals surface area contributed by atoms with E-state index in [1.165, 1.54) is 32.1 Å². The van der Waals surface area contributed by atoms with Gasteiger partial charge in [0.15, 0.2) is 0 Å². The fraction of sp³-hybridized carbons (Fsp3) is 0.727. The zero-order valence-electron chi connectivity index (χ0n) is 7.37. The number of rotatable bonds is 1. The molecule has 0 saturated heterocycles. The standard InChI is InChI=1S/C11H13.Ir/c1-2-8-7-9-3-5-11(9)6-4-10(8)11;/h2-6H2,1H3;. The maximum atomic E-state index is 3.67. The first-order valence-corrected chi connectivity index (χ1v) is 6.09. The molecule has 3 aliphatic carbocycles. The molecule has 3 rings (SSSR count). The maximum absolute atomic E-state index is 3.67. The van der Waals surface area contributed by atoms with E-state index in [0.717, 1.165) is 0 Å². The van der Waals surface area contributed by atoms with Gasteiger partial charge in [-0.05, 0) is 0 Å². The van der Waals surface area contributed by atoms with Crippen molar-refractivity contribution in [3.8, 4) is 0 Å². The summed E-state index contributed by atoms with van der Waals surface area (Å²) >= 11 is 2.47. The third kappa shape index (κ3) is 0.530. The van der Waals surface area contributed by atoms with Gasteiger partial charge in [-0.1, -0.05) is 0 Å². The average molecular weight is 337 g/mol. The molecule has 12 heavy (non-hydrogen) atoms. The van der Waals surface area contributed by atoms with Gasteiger partial charge in [0.2, 0.25) is 0 Å². The minimum atomic E-state index is 0.565. The van der Waals surface area contributed by atoms with E-state index in [0.29, 0.717) is 9.34 Å². The van der Waals surface area contributed by atoms with Crippen molar-refractivity contribution in [3.63, 3.8) is 0 Å². The van der Waals surface area contributed by atoms with Gasteiger partial charge in [0, 0.05) is 0 Å². The molecule has 0 aliphatic heterocycles. The fourth-order valence-electron chi connectivity index (χ4n) is 3.15. The van der Waals surface area contributed by atoms with Crippen molar-refractivity contribution < 1.29 is 18.9 Å². The summed E-state index contributed by atoms with van der Waals surface area (Å²) in [5.74, 6) is 0. The van der Waals surface area contributed by atoms with Gasteiger partial charge in [-0.25, -0.2) is 0 Å². The molecule has 1 spiro atoms. The number of hydrogen-bond donors (Lipinski definition) is 0. The third-order valence-corrected chi connectivity index (χ3v) is 6.59. The molecule has 2 unspecified atom stereocenters. The van der Waals surface area contributed by atoms with Crippen LogP contribution in [0.4, 0.5) is 0 Å². The normalized spacial score (nSPS) is 48.2. The molecule has 0 N–H and O–H groups in total. The van der Waals surface area contributed by atoms with Crippen LogP contribution < -0.4 is 0 Å². The predicted octanol–water partition coefficient (Wildman–Crippen LogP) is 3.14. The van der Waals surface area contributed by atoms with E-state index in [1.54, 1.807) is 11.1 Å². The van der Waals surface area contributed by atoms with Crippen molar-refractivity contribution in [1.82, 2.24) is 0 Å². The van der Waals surface area contributed by atoms with Gasteiger partial charge in [-0.15, -0.1) is 0 Å². The van der Waals surface area contributed by atoms with E-state index >= 15 is 0 Å². The van der Waals surface area contributed by atoms with E-state index in [9.17, 15) is 0 Å². The van der Waals surface area contributed by atoms with Crippen LogP contribution in [0.15, 0.2) is 16.9 Å². The Morgan fingerprint density at radius 2 is 2.25 bits per heavy atom. The van der Waals surface area contributed by atoms with Crippen LogP contribution in [0.3, 0.4) is 0 Å². The second-order valence-electron chi connectivity index (χ2n) is 4.28. The SMILES string of the molecule is CCC1=C=C2CCC23CC[C]13[Ir]. The second kappa shape index (κ2) is 1.98. The van der Waals surface area contributed by atoms with Crippen LogP contribution in [-0.4, -0.2) is 0 Å². The zero-order valence-corrected chi connectivity index (χ0v) is 9.76. The molecular weight excluding hydrogens is 324 g/mol. The van der Waals surface area contributed by atoms with Crippen molar-refractivity contribution in [2.45, 2.75) is 43.0 Å². The second-order valence-corrected chi connectivity index (χ2v) is 6.33. The molecule has 3 aliphatic rings. The molecule has 0 aromatic rings. The molecule has 0 aromatic heterocycles. The molecule has 0 aromatic carbocycles. The molecule has 2 saturated carbocycles. The van der Waals surface area contributed by atoms with Gasteiger partial charge in [-0.2, -0.15) is 0 Å². The van der Waals surface area contributed by atoms with E-state index in [1.807, 2.05) is 0 Å². The van der Waals surface area contributed by atoms with Crippen molar-refractivity contribution >= 4 is 0 Å². The van der Waals surface area contributed by atoms with Gasteiger partial charge >= 0.3 is 84.1 Å². The number of hydrogen-bond acceptors (Lipinski definition) is 0. The molecule has 0 nitrogen and oxygen atoms in total. The monoisotopic (exact) mass is 338 g/mol. The Labute approximate surface area is 84.3 Å². The van der Waals surface area contributed by atoms with Gasteiger partial charge < -0.3 is 0 Å². The molecule has 1 heteroatoms. The number of allylic oxidation sites excluding steroid dienone is 1. The van der Waals surface area contributed by atoms with Crippen molar-refractivity contribution in [1.29, 1.82) is 0 Å². The Bertz CT molecular complexity index is 318. The first-order valence-electron chi connectivity index (χ1n) is 4.89. The van der Waals surface area contributed by atoms with Gasteiger partial charge in [0.05, 0.1) is 0 Å². The first kappa shape index (κ1) is 7.56. The molecule has 0 heterocycles. The Kier molecular flexibility index (Phi) is 1.25. The Hall–Kier alpha value is 0.169. The molecule has 0 bridgehead atoms. The van der Waals surface area contributed by atoms with Crippen molar-refractivity contribution in [3.05, 3.63) is 16.9 Å². The van der Waals surface area contributed by atoms with Gasteiger partial charge in [0.25, 0.3) is 0 Å². The molecule has 2 atom stereocenters. The van der Waals surface area contributed by atoms with Crippen LogP contribution >= 0.6 is 0 Å². The van der Waals surface area contributed by atoms with Gasteiger partial charge in [-0.3, -0.25) is 0 Å². The molecular formula is C11H13Ir. The quantitative estimate of drug-likeness (QED) is 0.645. The summed E-state index contributed by atoms with van der Waals surface area (Å²) in [6.07, 6.45) is 6.90. The van der Waals surface area contributed by atoms with Crippen LogP contribution in [0.25, 0.3) is 0 Å². The summed E-state index contributed by atoms with van der Waals surface area (Å²) in [5.41, 5.74) is 7.62. The molecule has 0 amide bonds. The third-order valence-electron chi connectivity index (χ3n) is 4.12. The van der Waals surface area contributed by atoms with Crippen LogP contribution in [-0.2, 0) is 18.9 Å². The predicted molar refractivity (Wildman–Crippen MR) is 44.4 cm³/mol. The van der Waals surface area contributed by atoms with Crippen LogP contribution in [0, 0.1) is 5.41 Å². The Balaban J connectivity index is 2.12. The van der Waals surface area contributed by atoms with E-state index < -0.39 is 0 Å². The molecule has 2 fully saturated rings. The van der Waals surface area contributed by atoms with Gasteiger partial charge in [0.1, 0.15) is 0 Å². The zero-order chi connectivity index (χ0) is 8.40. The van der Waals surface area contributed by atoms with Crippen LogP contribution in [0.2, 0.25) is 3.93 Å². The summed E-state index contributed by atoms with van der Waals surface area (Å²) in [6.45, 7) is 2.28. The van der Waals surface area contributed by atoms with Crippen LogP contribution in [0.1, 0.15) is 39.0 Å². The van der Waals surface area contributed by atoms with Crippen LogP contribution in [0.5, 0.6) is 0 Å². The first-order chi connectivity index (χ1) is 5.73. The summed E-state index contributed by atoms with van der Waals surface area (Å²) in [4.78, 5) is 0. The molecule has 0 radical (unpaired) electrons. The van der Waals surface area contributed by atoms with Crippen molar-refractivity contribution in [2.24, 2.45) is 5.41 Å². The topological polar surface area (TPSA) is 0 Å². The summed E-state index contributed by atoms with van der Waals surface area (Å²) in [6, 6.07) is 0. The fourth-order valence-corrected chi connectivity index (χ4v) is 4.98. The Morgan fingerprint density at radius 1 is 1.42 bits per heavy atom. The van der Waals surface area contributed by atoms with E-state index in [2.05, 4.69) is 31.6 Å². The summed E-state index contributed by atoms with van der Waals surface area (Å²) in [5, 5.41) is 0. The minimum absolute atomic E-state index is 0.565. The summed E-state index contributed by atoms with van der Waals surface area (Å²) < 4.78 is 0.565. The van der Waals surface area contributed by atoms with E-state index in [4.69, 9.17) is 0 Å². The van der Waals surface area contributed by atoms with E-state index in [-0.39, 0.29) is 0 Å².